The number of amides is 1. The molecule has 2 heterocycles. The van der Waals surface area contributed by atoms with Crippen molar-refractivity contribution in [3.63, 3.8) is 0 Å². The van der Waals surface area contributed by atoms with Crippen molar-refractivity contribution in [1.29, 1.82) is 0 Å². The average molecular weight is 252 g/mol. The molecule has 7 heteroatoms. The van der Waals surface area contributed by atoms with E-state index in [9.17, 15) is 4.79 Å². The van der Waals surface area contributed by atoms with E-state index < -0.39 is 0 Å². The van der Waals surface area contributed by atoms with E-state index in [1.54, 1.807) is 0 Å². The van der Waals surface area contributed by atoms with Crippen molar-refractivity contribution < 1.29 is 4.79 Å². The summed E-state index contributed by atoms with van der Waals surface area (Å²) in [5, 5.41) is 14.2. The first kappa shape index (κ1) is 12.9. The van der Waals surface area contributed by atoms with Gasteiger partial charge in [0.05, 0.1) is 0 Å². The second kappa shape index (κ2) is 6.44. The van der Waals surface area contributed by atoms with Gasteiger partial charge in [-0.25, -0.2) is 4.68 Å². The zero-order valence-electron chi connectivity index (χ0n) is 10.7. The highest BCUT2D eigenvalue weighted by molar-refractivity contribution is 5.75. The van der Waals surface area contributed by atoms with Crippen LogP contribution in [0.5, 0.6) is 0 Å². The lowest BCUT2D eigenvalue weighted by molar-refractivity contribution is -0.132. The number of hydrogen-bond donors (Lipinski definition) is 1. The summed E-state index contributed by atoms with van der Waals surface area (Å²) in [4.78, 5) is 14.0. The summed E-state index contributed by atoms with van der Waals surface area (Å²) in [7, 11) is 0. The first-order valence-electron chi connectivity index (χ1n) is 6.51. The fourth-order valence-electron chi connectivity index (χ4n) is 2.24. The number of piperidine rings is 1. The maximum atomic E-state index is 12.1. The monoisotopic (exact) mass is 252 g/mol. The van der Waals surface area contributed by atoms with Gasteiger partial charge in [0.25, 0.3) is 0 Å². The van der Waals surface area contributed by atoms with E-state index in [4.69, 9.17) is 0 Å². The Morgan fingerprint density at radius 2 is 2.44 bits per heavy atom. The summed E-state index contributed by atoms with van der Waals surface area (Å²) in [5.41, 5.74) is 0. The molecule has 1 amide bonds. The molecule has 100 valence electrons. The zero-order valence-corrected chi connectivity index (χ0v) is 10.7. The fourth-order valence-corrected chi connectivity index (χ4v) is 2.24. The molecule has 0 radical (unpaired) electrons. The lowest BCUT2D eigenvalue weighted by atomic mass is 10.0. The number of likely N-dealkylation sites (N-methyl/N-ethyl adjacent to an activating group) is 1. The second-order valence-corrected chi connectivity index (χ2v) is 4.59. The molecule has 0 aromatic carbocycles. The smallest absolute Gasteiger partial charge is 0.244 e. The van der Waals surface area contributed by atoms with E-state index in [-0.39, 0.29) is 12.5 Å². The van der Waals surface area contributed by atoms with Crippen molar-refractivity contribution in [3.8, 4) is 0 Å². The number of hydrogen-bond acceptors (Lipinski definition) is 5. The van der Waals surface area contributed by atoms with Gasteiger partial charge < -0.3 is 10.2 Å². The van der Waals surface area contributed by atoms with Crippen molar-refractivity contribution >= 4 is 5.91 Å². The highest BCUT2D eigenvalue weighted by Gasteiger charge is 2.19. The lowest BCUT2D eigenvalue weighted by Gasteiger charge is -2.29. The van der Waals surface area contributed by atoms with E-state index in [1.807, 2.05) is 11.8 Å². The molecule has 1 unspecified atom stereocenters. The molecule has 18 heavy (non-hydrogen) atoms. The van der Waals surface area contributed by atoms with Crippen molar-refractivity contribution in [3.05, 3.63) is 6.33 Å². The van der Waals surface area contributed by atoms with Crippen LogP contribution in [-0.2, 0) is 11.3 Å². The van der Waals surface area contributed by atoms with Crippen LogP contribution in [0.1, 0.15) is 26.2 Å². The van der Waals surface area contributed by atoms with Gasteiger partial charge >= 0.3 is 0 Å². The summed E-state index contributed by atoms with van der Waals surface area (Å²) < 4.78 is 1.46. The van der Waals surface area contributed by atoms with Gasteiger partial charge in [0.15, 0.2) is 0 Å². The van der Waals surface area contributed by atoms with Crippen LogP contribution in [0, 0.1) is 0 Å². The first-order valence-corrected chi connectivity index (χ1v) is 6.51. The number of tetrazole rings is 1. The molecule has 1 aliphatic rings. The van der Waals surface area contributed by atoms with Crippen molar-refractivity contribution in [2.75, 3.05) is 19.6 Å². The Morgan fingerprint density at radius 3 is 3.06 bits per heavy atom. The standard InChI is InChI=1S/C11H20N6O/c1-2-16(7-10-5-3-4-6-12-10)11(18)8-17-9-13-14-15-17/h9-10,12H,2-8H2,1H3. The quantitative estimate of drug-likeness (QED) is 0.776. The summed E-state index contributed by atoms with van der Waals surface area (Å²) in [5.74, 6) is 0.0668. The summed E-state index contributed by atoms with van der Waals surface area (Å²) in [6.07, 6.45) is 5.09. The van der Waals surface area contributed by atoms with Gasteiger partial charge in [0.1, 0.15) is 12.9 Å². The largest absolute Gasteiger partial charge is 0.340 e. The number of aromatic nitrogens is 4. The molecule has 1 aromatic heterocycles. The predicted octanol–water partition coefficient (Wildman–Crippen LogP) is -0.336. The Kier molecular flexibility index (Phi) is 4.63. The van der Waals surface area contributed by atoms with E-state index in [1.165, 1.54) is 23.9 Å². The van der Waals surface area contributed by atoms with Crippen LogP contribution >= 0.6 is 0 Å². The van der Waals surface area contributed by atoms with Crippen LogP contribution in [-0.4, -0.2) is 56.7 Å². The van der Waals surface area contributed by atoms with E-state index in [0.29, 0.717) is 6.04 Å². The van der Waals surface area contributed by atoms with Gasteiger partial charge in [-0.05, 0) is 36.7 Å². The van der Waals surface area contributed by atoms with Crippen molar-refractivity contribution in [1.82, 2.24) is 30.4 Å². The molecule has 1 N–H and O–H groups in total. The normalized spacial score (nSPS) is 19.7. The Morgan fingerprint density at radius 1 is 1.56 bits per heavy atom. The number of nitrogens with one attached hydrogen (secondary N) is 1. The van der Waals surface area contributed by atoms with Crippen LogP contribution in [0.4, 0.5) is 0 Å². The van der Waals surface area contributed by atoms with Crippen LogP contribution in [0.2, 0.25) is 0 Å². The minimum Gasteiger partial charge on any atom is -0.340 e. The number of rotatable bonds is 5. The number of carbonyl (C=O) groups excluding carboxylic acids is 1. The minimum absolute atomic E-state index is 0.0668. The molecular weight excluding hydrogens is 232 g/mol. The molecule has 1 aliphatic heterocycles. The van der Waals surface area contributed by atoms with Gasteiger partial charge in [-0.2, -0.15) is 0 Å². The molecule has 0 saturated carbocycles. The maximum Gasteiger partial charge on any atom is 0.244 e. The molecule has 0 bridgehead atoms. The Balaban J connectivity index is 1.85. The van der Waals surface area contributed by atoms with Gasteiger partial charge in [0.2, 0.25) is 5.91 Å². The van der Waals surface area contributed by atoms with Crippen molar-refractivity contribution in [2.45, 2.75) is 38.8 Å². The SMILES string of the molecule is CCN(CC1CCCCN1)C(=O)Cn1cnnn1. The molecule has 1 fully saturated rings. The number of nitrogens with zero attached hydrogens (tertiary/aromatic N) is 5. The Labute approximate surface area is 107 Å². The molecule has 1 atom stereocenters. The van der Waals surface area contributed by atoms with Gasteiger partial charge in [-0.3, -0.25) is 4.79 Å². The maximum absolute atomic E-state index is 12.1. The first-order chi connectivity index (χ1) is 8.79. The highest BCUT2D eigenvalue weighted by Crippen LogP contribution is 2.08. The van der Waals surface area contributed by atoms with Crippen molar-refractivity contribution in [2.24, 2.45) is 0 Å². The summed E-state index contributed by atoms with van der Waals surface area (Å²) in [6.45, 7) is 4.77. The molecule has 0 aliphatic carbocycles. The molecule has 1 aromatic rings. The molecule has 7 nitrogen and oxygen atoms in total. The van der Waals surface area contributed by atoms with E-state index in [2.05, 4.69) is 20.8 Å². The zero-order chi connectivity index (χ0) is 12.8. The topological polar surface area (TPSA) is 75.9 Å². The van der Waals surface area contributed by atoms with E-state index >= 15 is 0 Å². The summed E-state index contributed by atoms with van der Waals surface area (Å²) >= 11 is 0. The molecule has 2 rings (SSSR count). The van der Waals surface area contributed by atoms with Gasteiger partial charge in [-0.1, -0.05) is 6.42 Å². The van der Waals surface area contributed by atoms with Crippen LogP contribution in [0.3, 0.4) is 0 Å². The Hall–Kier alpha value is -1.50. The highest BCUT2D eigenvalue weighted by atomic mass is 16.2. The third kappa shape index (κ3) is 3.49. The summed E-state index contributed by atoms with van der Waals surface area (Å²) in [6, 6.07) is 0.427. The Bertz CT molecular complexity index is 360. The fraction of sp³-hybridized carbons (Fsp3) is 0.818. The van der Waals surface area contributed by atoms with Crippen LogP contribution in [0.15, 0.2) is 6.33 Å². The number of carbonyl (C=O) groups is 1. The van der Waals surface area contributed by atoms with Gasteiger partial charge in [-0.15, -0.1) is 5.10 Å². The van der Waals surface area contributed by atoms with Gasteiger partial charge in [0, 0.05) is 19.1 Å². The van der Waals surface area contributed by atoms with Crippen LogP contribution < -0.4 is 5.32 Å². The molecule has 0 spiro atoms. The lowest BCUT2D eigenvalue weighted by Crippen LogP contribution is -2.46. The second-order valence-electron chi connectivity index (χ2n) is 4.59. The average Bonchev–Trinajstić information content (AvgIpc) is 2.90. The van der Waals surface area contributed by atoms with E-state index in [0.717, 1.165) is 26.1 Å². The van der Waals surface area contributed by atoms with Crippen LogP contribution in [0.25, 0.3) is 0 Å². The third-order valence-electron chi connectivity index (χ3n) is 3.28. The predicted molar refractivity (Wildman–Crippen MR) is 65.7 cm³/mol. The minimum atomic E-state index is 0.0668. The third-order valence-corrected chi connectivity index (χ3v) is 3.28. The molecule has 1 saturated heterocycles. The molecular formula is C11H20N6O.